The molecular weight excluding hydrogens is 268 g/mol. The van der Waals surface area contributed by atoms with E-state index in [1.54, 1.807) is 0 Å². The first kappa shape index (κ1) is 21.2. The van der Waals surface area contributed by atoms with Gasteiger partial charge in [-0.05, 0) is 55.9 Å². The summed E-state index contributed by atoms with van der Waals surface area (Å²) in [5.74, 6) is 2.84. The first-order chi connectivity index (χ1) is 10.5. The molecule has 4 unspecified atom stereocenters. The van der Waals surface area contributed by atoms with E-state index < -0.39 is 0 Å². The van der Waals surface area contributed by atoms with Crippen LogP contribution in [0.25, 0.3) is 0 Å². The number of allylic oxidation sites excluding steroid dienone is 4. The van der Waals surface area contributed by atoms with Gasteiger partial charge in [0.05, 0.1) is 6.61 Å². The van der Waals surface area contributed by atoms with E-state index >= 15 is 0 Å². The second kappa shape index (κ2) is 12.7. The summed E-state index contributed by atoms with van der Waals surface area (Å²) in [6.45, 7) is 13.5. The zero-order valence-corrected chi connectivity index (χ0v) is 15.7. The number of aliphatic hydroxyl groups is 1. The van der Waals surface area contributed by atoms with E-state index in [0.29, 0.717) is 11.8 Å². The highest BCUT2D eigenvalue weighted by molar-refractivity contribution is 5.18. The largest absolute Gasteiger partial charge is 0.392 e. The number of hydrogen-bond acceptors (Lipinski definition) is 1. The first-order valence-electron chi connectivity index (χ1n) is 9.05. The average molecular weight is 307 g/mol. The fourth-order valence-electron chi connectivity index (χ4n) is 3.16. The molecule has 0 fully saturated rings. The van der Waals surface area contributed by atoms with Crippen LogP contribution < -0.4 is 0 Å². The van der Waals surface area contributed by atoms with E-state index in [1.807, 2.05) is 13.0 Å². The molecule has 0 saturated carbocycles. The van der Waals surface area contributed by atoms with Crippen molar-refractivity contribution in [1.82, 2.24) is 0 Å². The summed E-state index contributed by atoms with van der Waals surface area (Å²) < 4.78 is 0. The van der Waals surface area contributed by atoms with Crippen molar-refractivity contribution in [3.8, 4) is 0 Å². The normalized spacial score (nSPS) is 18.8. The monoisotopic (exact) mass is 306 g/mol. The lowest BCUT2D eigenvalue weighted by atomic mass is 9.83. The Kier molecular flexibility index (Phi) is 12.2. The Bertz CT molecular complexity index is 351. The van der Waals surface area contributed by atoms with Crippen molar-refractivity contribution >= 4 is 0 Å². The first-order valence-corrected chi connectivity index (χ1v) is 9.05. The Morgan fingerprint density at radius 3 is 2.23 bits per heavy atom. The van der Waals surface area contributed by atoms with E-state index in [4.69, 9.17) is 5.11 Å². The van der Waals surface area contributed by atoms with Crippen molar-refractivity contribution in [3.05, 3.63) is 36.0 Å². The molecule has 0 aromatic carbocycles. The SMILES string of the molecule is CC=CC(C)C(CC)CCC(C)CC(C)C=CC(=CC)CO. The smallest absolute Gasteiger partial charge is 0.0678 e. The van der Waals surface area contributed by atoms with Gasteiger partial charge in [0.1, 0.15) is 0 Å². The minimum Gasteiger partial charge on any atom is -0.392 e. The molecule has 0 heterocycles. The maximum atomic E-state index is 9.16. The number of hydrogen-bond donors (Lipinski definition) is 1. The highest BCUT2D eigenvalue weighted by atomic mass is 16.3. The van der Waals surface area contributed by atoms with Gasteiger partial charge in [-0.25, -0.2) is 0 Å². The van der Waals surface area contributed by atoms with Crippen molar-refractivity contribution in [3.63, 3.8) is 0 Å². The second-order valence-electron chi connectivity index (χ2n) is 6.83. The van der Waals surface area contributed by atoms with Gasteiger partial charge < -0.3 is 5.11 Å². The molecule has 0 radical (unpaired) electrons. The van der Waals surface area contributed by atoms with Crippen LogP contribution in [0.3, 0.4) is 0 Å². The van der Waals surface area contributed by atoms with Gasteiger partial charge in [0.25, 0.3) is 0 Å². The summed E-state index contributed by atoms with van der Waals surface area (Å²) >= 11 is 0. The number of aliphatic hydroxyl groups excluding tert-OH is 1. The van der Waals surface area contributed by atoms with Crippen molar-refractivity contribution in [2.24, 2.45) is 23.7 Å². The summed E-state index contributed by atoms with van der Waals surface area (Å²) in [5, 5.41) is 9.16. The zero-order chi connectivity index (χ0) is 17.0. The fourth-order valence-corrected chi connectivity index (χ4v) is 3.16. The molecule has 4 atom stereocenters. The van der Waals surface area contributed by atoms with Crippen LogP contribution in [0.5, 0.6) is 0 Å². The molecule has 0 aromatic heterocycles. The predicted octanol–water partition coefficient (Wildman–Crippen LogP) is 6.16. The second-order valence-corrected chi connectivity index (χ2v) is 6.83. The van der Waals surface area contributed by atoms with E-state index in [2.05, 4.69) is 58.9 Å². The van der Waals surface area contributed by atoms with Gasteiger partial charge in [-0.3, -0.25) is 0 Å². The van der Waals surface area contributed by atoms with Crippen LogP contribution in [0.2, 0.25) is 0 Å². The molecule has 128 valence electrons. The van der Waals surface area contributed by atoms with Crippen molar-refractivity contribution in [1.29, 1.82) is 0 Å². The van der Waals surface area contributed by atoms with E-state index in [0.717, 1.165) is 17.4 Å². The van der Waals surface area contributed by atoms with E-state index in [1.165, 1.54) is 25.7 Å². The van der Waals surface area contributed by atoms with Gasteiger partial charge in [0.15, 0.2) is 0 Å². The summed E-state index contributed by atoms with van der Waals surface area (Å²) in [5.41, 5.74) is 1.01. The Labute approximate surface area is 139 Å². The van der Waals surface area contributed by atoms with Gasteiger partial charge in [-0.2, -0.15) is 0 Å². The standard InChI is InChI=1S/C21H38O/c1-7-10-19(6)21(9-3)14-12-18(5)15-17(4)11-13-20(8-2)16-22/h7-8,10-11,13,17-19,21-22H,9,12,14-16H2,1-6H3. The predicted molar refractivity (Wildman–Crippen MR) is 99.9 cm³/mol. The lowest BCUT2D eigenvalue weighted by molar-refractivity contribution is 0.323. The molecule has 0 rings (SSSR count). The van der Waals surface area contributed by atoms with Gasteiger partial charge in [0.2, 0.25) is 0 Å². The molecule has 0 aromatic rings. The maximum absolute atomic E-state index is 9.16. The molecule has 1 nitrogen and oxygen atoms in total. The molecular formula is C21H38O. The quantitative estimate of drug-likeness (QED) is 0.358. The van der Waals surface area contributed by atoms with Crippen LogP contribution >= 0.6 is 0 Å². The van der Waals surface area contributed by atoms with Gasteiger partial charge in [-0.15, -0.1) is 0 Å². The molecule has 0 aliphatic heterocycles. The summed E-state index contributed by atoms with van der Waals surface area (Å²) in [7, 11) is 0. The molecule has 0 aliphatic carbocycles. The van der Waals surface area contributed by atoms with E-state index in [9.17, 15) is 0 Å². The molecule has 0 spiro atoms. The number of rotatable bonds is 11. The van der Waals surface area contributed by atoms with Crippen LogP contribution in [0.1, 0.15) is 67.2 Å². The summed E-state index contributed by atoms with van der Waals surface area (Å²) in [4.78, 5) is 0. The molecule has 22 heavy (non-hydrogen) atoms. The third-order valence-corrected chi connectivity index (χ3v) is 4.76. The summed E-state index contributed by atoms with van der Waals surface area (Å²) in [6, 6.07) is 0. The summed E-state index contributed by atoms with van der Waals surface area (Å²) in [6.07, 6.45) is 16.0. The third-order valence-electron chi connectivity index (χ3n) is 4.76. The molecule has 0 saturated heterocycles. The van der Waals surface area contributed by atoms with Crippen LogP contribution in [-0.2, 0) is 0 Å². The Morgan fingerprint density at radius 2 is 1.73 bits per heavy atom. The Balaban J connectivity index is 4.24. The zero-order valence-electron chi connectivity index (χ0n) is 15.7. The highest BCUT2D eigenvalue weighted by Gasteiger charge is 2.15. The fraction of sp³-hybridized carbons (Fsp3) is 0.714. The molecule has 0 aliphatic rings. The molecule has 0 bridgehead atoms. The van der Waals surface area contributed by atoms with Crippen molar-refractivity contribution in [2.45, 2.75) is 67.2 Å². The maximum Gasteiger partial charge on any atom is 0.0678 e. The van der Waals surface area contributed by atoms with Crippen LogP contribution in [0.4, 0.5) is 0 Å². The Hall–Kier alpha value is -0.820. The lowest BCUT2D eigenvalue weighted by Gasteiger charge is -2.22. The van der Waals surface area contributed by atoms with Gasteiger partial charge in [0, 0.05) is 0 Å². The molecule has 0 amide bonds. The van der Waals surface area contributed by atoms with Crippen molar-refractivity contribution in [2.75, 3.05) is 6.61 Å². The Morgan fingerprint density at radius 1 is 1.05 bits per heavy atom. The highest BCUT2D eigenvalue weighted by Crippen LogP contribution is 2.27. The molecule has 1 N–H and O–H groups in total. The topological polar surface area (TPSA) is 20.2 Å². The molecule has 1 heteroatoms. The third kappa shape index (κ3) is 9.25. The minimum absolute atomic E-state index is 0.135. The minimum atomic E-state index is 0.135. The average Bonchev–Trinajstić information content (AvgIpc) is 2.49. The van der Waals surface area contributed by atoms with Crippen LogP contribution in [0, 0.1) is 23.7 Å². The van der Waals surface area contributed by atoms with E-state index in [-0.39, 0.29) is 6.61 Å². The van der Waals surface area contributed by atoms with Gasteiger partial charge >= 0.3 is 0 Å². The lowest BCUT2D eigenvalue weighted by Crippen LogP contribution is -2.11. The van der Waals surface area contributed by atoms with Crippen molar-refractivity contribution < 1.29 is 5.11 Å². The van der Waals surface area contributed by atoms with Crippen LogP contribution in [0.15, 0.2) is 36.0 Å². The van der Waals surface area contributed by atoms with Gasteiger partial charge in [-0.1, -0.05) is 70.9 Å². The van der Waals surface area contributed by atoms with Crippen LogP contribution in [-0.4, -0.2) is 11.7 Å².